The van der Waals surface area contributed by atoms with Gasteiger partial charge in [-0.15, -0.1) is 0 Å². The molecule has 1 rings (SSSR count). The quantitative estimate of drug-likeness (QED) is 0.648. The number of carbonyl (C=O) groups excluding carboxylic acids is 1. The van der Waals surface area contributed by atoms with Crippen LogP contribution in [0.25, 0.3) is 0 Å². The van der Waals surface area contributed by atoms with Crippen molar-refractivity contribution in [1.82, 2.24) is 10.5 Å². The molecular formula is C7H10N2O3. The summed E-state index contributed by atoms with van der Waals surface area (Å²) in [7, 11) is 1.57. The minimum absolute atomic E-state index is 0.249. The van der Waals surface area contributed by atoms with Crippen molar-refractivity contribution in [2.45, 2.75) is 0 Å². The number of hydrogen-bond acceptors (Lipinski definition) is 4. The van der Waals surface area contributed by atoms with Crippen molar-refractivity contribution in [3.05, 3.63) is 18.0 Å². The third kappa shape index (κ3) is 2.35. The molecule has 0 saturated carbocycles. The highest BCUT2D eigenvalue weighted by Gasteiger charge is 2.06. The molecule has 0 aliphatic carbocycles. The maximum Gasteiger partial charge on any atom is 0.273 e. The smallest absolute Gasteiger partial charge is 0.273 e. The van der Waals surface area contributed by atoms with Gasteiger partial charge in [-0.05, 0) is 0 Å². The zero-order chi connectivity index (χ0) is 8.81. The maximum absolute atomic E-state index is 11.1. The second-order valence-electron chi connectivity index (χ2n) is 2.13. The second kappa shape index (κ2) is 4.50. The molecule has 5 heteroatoms. The molecule has 1 amide bonds. The van der Waals surface area contributed by atoms with Crippen molar-refractivity contribution in [3.63, 3.8) is 0 Å². The van der Waals surface area contributed by atoms with Gasteiger partial charge in [-0.1, -0.05) is 5.16 Å². The third-order valence-corrected chi connectivity index (χ3v) is 1.26. The Morgan fingerprint density at radius 1 is 1.83 bits per heavy atom. The van der Waals surface area contributed by atoms with E-state index in [0.29, 0.717) is 13.2 Å². The minimum Gasteiger partial charge on any atom is -0.383 e. The van der Waals surface area contributed by atoms with Crippen LogP contribution in [-0.4, -0.2) is 31.3 Å². The van der Waals surface area contributed by atoms with Crippen LogP contribution >= 0.6 is 0 Å². The molecule has 66 valence electrons. The van der Waals surface area contributed by atoms with Crippen LogP contribution in [0.1, 0.15) is 10.5 Å². The first-order chi connectivity index (χ1) is 5.84. The number of hydrogen-bond donors (Lipinski definition) is 1. The predicted octanol–water partition coefficient (Wildman–Crippen LogP) is 0.0508. The number of rotatable bonds is 4. The molecule has 0 bridgehead atoms. The van der Waals surface area contributed by atoms with Gasteiger partial charge >= 0.3 is 0 Å². The van der Waals surface area contributed by atoms with E-state index in [1.54, 1.807) is 7.11 Å². The summed E-state index contributed by atoms with van der Waals surface area (Å²) in [6.45, 7) is 0.964. The van der Waals surface area contributed by atoms with E-state index >= 15 is 0 Å². The van der Waals surface area contributed by atoms with Gasteiger partial charge < -0.3 is 14.6 Å². The van der Waals surface area contributed by atoms with Crippen molar-refractivity contribution >= 4 is 5.91 Å². The summed E-state index contributed by atoms with van der Waals surface area (Å²) >= 11 is 0. The zero-order valence-electron chi connectivity index (χ0n) is 6.74. The summed E-state index contributed by atoms with van der Waals surface area (Å²) in [5.74, 6) is -0.249. The summed E-state index contributed by atoms with van der Waals surface area (Å²) < 4.78 is 9.25. The van der Waals surface area contributed by atoms with Gasteiger partial charge in [0.2, 0.25) is 0 Å². The topological polar surface area (TPSA) is 64.4 Å². The van der Waals surface area contributed by atoms with Crippen molar-refractivity contribution in [2.75, 3.05) is 20.3 Å². The molecule has 0 fully saturated rings. The fraction of sp³-hybridized carbons (Fsp3) is 0.429. The molecule has 0 radical (unpaired) electrons. The SMILES string of the molecule is COCCNC(=O)c1ccon1. The molecule has 1 aromatic heterocycles. The van der Waals surface area contributed by atoms with E-state index in [-0.39, 0.29) is 11.6 Å². The Morgan fingerprint density at radius 2 is 2.67 bits per heavy atom. The summed E-state index contributed by atoms with van der Waals surface area (Å²) in [5, 5.41) is 6.07. The monoisotopic (exact) mass is 170 g/mol. The van der Waals surface area contributed by atoms with Gasteiger partial charge in [0.15, 0.2) is 5.69 Å². The predicted molar refractivity (Wildman–Crippen MR) is 40.7 cm³/mol. The van der Waals surface area contributed by atoms with Crippen molar-refractivity contribution in [1.29, 1.82) is 0 Å². The Bertz CT molecular complexity index is 233. The minimum atomic E-state index is -0.249. The highest BCUT2D eigenvalue weighted by Crippen LogP contribution is 1.92. The molecule has 0 atom stereocenters. The number of nitrogens with one attached hydrogen (secondary N) is 1. The first kappa shape index (κ1) is 8.73. The summed E-state index contributed by atoms with van der Waals surface area (Å²) in [6.07, 6.45) is 1.35. The van der Waals surface area contributed by atoms with Crippen LogP contribution in [0.15, 0.2) is 16.9 Å². The highest BCUT2D eigenvalue weighted by atomic mass is 16.5. The van der Waals surface area contributed by atoms with Gasteiger partial charge in [-0.2, -0.15) is 0 Å². The molecule has 1 N–H and O–H groups in total. The average Bonchev–Trinajstić information content (AvgIpc) is 2.56. The van der Waals surface area contributed by atoms with E-state index in [9.17, 15) is 4.79 Å². The maximum atomic E-state index is 11.1. The Hall–Kier alpha value is -1.36. The first-order valence-electron chi connectivity index (χ1n) is 3.52. The fourth-order valence-electron chi connectivity index (χ4n) is 0.687. The lowest BCUT2D eigenvalue weighted by atomic mass is 10.4. The molecule has 1 heterocycles. The van der Waals surface area contributed by atoms with Crippen LogP contribution in [0, 0.1) is 0 Å². The molecular weight excluding hydrogens is 160 g/mol. The van der Waals surface area contributed by atoms with Crippen molar-refractivity contribution in [3.8, 4) is 0 Å². The number of nitrogens with zero attached hydrogens (tertiary/aromatic N) is 1. The molecule has 1 aromatic rings. The lowest BCUT2D eigenvalue weighted by Gasteiger charge is -1.99. The zero-order valence-corrected chi connectivity index (χ0v) is 6.74. The lowest BCUT2D eigenvalue weighted by molar-refractivity contribution is 0.0928. The van der Waals surface area contributed by atoms with E-state index in [0.717, 1.165) is 0 Å². The van der Waals surface area contributed by atoms with Gasteiger partial charge in [-0.3, -0.25) is 4.79 Å². The molecule has 5 nitrogen and oxygen atoms in total. The Balaban J connectivity index is 2.30. The summed E-state index contributed by atoms with van der Waals surface area (Å²) in [4.78, 5) is 11.1. The standard InChI is InChI=1S/C7H10N2O3/c1-11-5-3-8-7(10)6-2-4-12-9-6/h2,4H,3,5H2,1H3,(H,8,10). The molecule has 12 heavy (non-hydrogen) atoms. The third-order valence-electron chi connectivity index (χ3n) is 1.26. The largest absolute Gasteiger partial charge is 0.383 e. The molecule has 0 spiro atoms. The van der Waals surface area contributed by atoms with Crippen molar-refractivity contribution in [2.24, 2.45) is 0 Å². The van der Waals surface area contributed by atoms with Gasteiger partial charge in [0.1, 0.15) is 6.26 Å². The van der Waals surface area contributed by atoms with Crippen LogP contribution in [0.4, 0.5) is 0 Å². The molecule has 0 aliphatic heterocycles. The number of aromatic nitrogens is 1. The Kier molecular flexibility index (Phi) is 3.28. The van der Waals surface area contributed by atoms with E-state index < -0.39 is 0 Å². The van der Waals surface area contributed by atoms with Crippen LogP contribution in [0.2, 0.25) is 0 Å². The second-order valence-corrected chi connectivity index (χ2v) is 2.13. The van der Waals surface area contributed by atoms with Gasteiger partial charge in [0, 0.05) is 19.7 Å². The fourth-order valence-corrected chi connectivity index (χ4v) is 0.687. The molecule has 0 aromatic carbocycles. The number of amides is 1. The molecule has 0 unspecified atom stereocenters. The lowest BCUT2D eigenvalue weighted by Crippen LogP contribution is -2.27. The Labute approximate surface area is 69.7 Å². The van der Waals surface area contributed by atoms with Crippen LogP contribution < -0.4 is 5.32 Å². The summed E-state index contributed by atoms with van der Waals surface area (Å²) in [5.41, 5.74) is 0.283. The summed E-state index contributed by atoms with van der Waals surface area (Å²) in [6, 6.07) is 1.50. The van der Waals surface area contributed by atoms with E-state index in [1.165, 1.54) is 12.3 Å². The Morgan fingerprint density at radius 3 is 3.25 bits per heavy atom. The van der Waals surface area contributed by atoms with Crippen LogP contribution in [-0.2, 0) is 4.74 Å². The normalized spacial score (nSPS) is 9.75. The van der Waals surface area contributed by atoms with E-state index in [2.05, 4.69) is 15.0 Å². The van der Waals surface area contributed by atoms with E-state index in [1.807, 2.05) is 0 Å². The average molecular weight is 170 g/mol. The van der Waals surface area contributed by atoms with Crippen molar-refractivity contribution < 1.29 is 14.1 Å². The van der Waals surface area contributed by atoms with Crippen LogP contribution in [0.3, 0.4) is 0 Å². The molecule has 0 aliphatic rings. The highest BCUT2D eigenvalue weighted by molar-refractivity contribution is 5.91. The molecule has 0 saturated heterocycles. The van der Waals surface area contributed by atoms with Gasteiger partial charge in [0.25, 0.3) is 5.91 Å². The van der Waals surface area contributed by atoms with E-state index in [4.69, 9.17) is 4.74 Å². The van der Waals surface area contributed by atoms with Gasteiger partial charge in [-0.25, -0.2) is 0 Å². The first-order valence-corrected chi connectivity index (χ1v) is 3.52. The number of methoxy groups -OCH3 is 1. The van der Waals surface area contributed by atoms with Gasteiger partial charge in [0.05, 0.1) is 6.61 Å². The van der Waals surface area contributed by atoms with Crippen LogP contribution in [0.5, 0.6) is 0 Å². The number of carbonyl (C=O) groups is 1. The number of ether oxygens (including phenoxy) is 1.